The van der Waals surface area contributed by atoms with Crippen LogP contribution in [0.3, 0.4) is 0 Å². The maximum atomic E-state index is 11.9. The molecule has 2 heteroatoms. The monoisotopic (exact) mass is 170 g/mol. The molecule has 0 N–H and O–H groups in total. The van der Waals surface area contributed by atoms with Gasteiger partial charge in [0.15, 0.2) is 11.6 Å². The van der Waals surface area contributed by atoms with Gasteiger partial charge in [0.25, 0.3) is 0 Å². The minimum Gasteiger partial charge on any atom is -0.204 e. The van der Waals surface area contributed by atoms with Crippen LogP contribution in [0.4, 0.5) is 8.78 Å². The van der Waals surface area contributed by atoms with Crippen LogP contribution < -0.4 is 0 Å². The average Bonchev–Trinajstić information content (AvgIpc) is 2.80. The van der Waals surface area contributed by atoms with Crippen LogP contribution in [0.1, 0.15) is 19.8 Å². The van der Waals surface area contributed by atoms with Gasteiger partial charge in [-0.1, -0.05) is 31.9 Å². The predicted octanol–water partition coefficient (Wildman–Crippen LogP) is 3.38. The van der Waals surface area contributed by atoms with Gasteiger partial charge in [0.1, 0.15) is 0 Å². The van der Waals surface area contributed by atoms with E-state index < -0.39 is 11.6 Å². The van der Waals surface area contributed by atoms with Crippen molar-refractivity contribution in [1.29, 1.82) is 0 Å². The number of benzene rings is 1. The largest absolute Gasteiger partial charge is 0.204 e. The lowest BCUT2D eigenvalue weighted by Gasteiger charge is -1.85. The number of halogens is 2. The van der Waals surface area contributed by atoms with Crippen LogP contribution in [0, 0.1) is 17.6 Å². The first-order valence-electron chi connectivity index (χ1n) is 4.10. The van der Waals surface area contributed by atoms with Crippen molar-refractivity contribution in [2.24, 2.45) is 5.92 Å². The van der Waals surface area contributed by atoms with Crippen molar-refractivity contribution in [1.82, 2.24) is 0 Å². The van der Waals surface area contributed by atoms with E-state index in [1.54, 1.807) is 0 Å². The molecule has 1 aromatic carbocycles. The Bertz CT molecular complexity index is 220. The third-order valence-corrected chi connectivity index (χ3v) is 1.69. The van der Waals surface area contributed by atoms with Gasteiger partial charge in [-0.25, -0.2) is 8.78 Å². The van der Waals surface area contributed by atoms with Gasteiger partial charge in [-0.15, -0.1) is 0 Å². The molecule has 12 heavy (non-hydrogen) atoms. The molecular weight excluding hydrogens is 158 g/mol. The second-order valence-corrected chi connectivity index (χ2v) is 3.10. The third kappa shape index (κ3) is 3.46. The van der Waals surface area contributed by atoms with Crippen LogP contribution in [0.5, 0.6) is 0 Å². The molecule has 1 aromatic rings. The molecule has 0 aromatic heterocycles. The summed E-state index contributed by atoms with van der Waals surface area (Å²) in [7, 11) is 0. The van der Waals surface area contributed by atoms with E-state index in [-0.39, 0.29) is 0 Å². The topological polar surface area (TPSA) is 0 Å². The number of rotatable bonds is 0. The molecule has 2 rings (SSSR count). The van der Waals surface area contributed by atoms with Gasteiger partial charge in [-0.05, 0) is 18.1 Å². The lowest BCUT2D eigenvalue weighted by Crippen LogP contribution is -1.77. The first-order chi connectivity index (χ1) is 5.70. The zero-order chi connectivity index (χ0) is 8.97. The van der Waals surface area contributed by atoms with Crippen LogP contribution >= 0.6 is 0 Å². The molecule has 0 atom stereocenters. The normalized spacial score (nSPS) is 14.9. The molecule has 1 saturated carbocycles. The Morgan fingerprint density at radius 2 is 1.42 bits per heavy atom. The lowest BCUT2D eigenvalue weighted by atomic mass is 10.3. The minimum atomic E-state index is -0.799. The van der Waals surface area contributed by atoms with Gasteiger partial charge in [0, 0.05) is 0 Å². The lowest BCUT2D eigenvalue weighted by molar-refractivity contribution is 0.508. The Kier molecular flexibility index (Phi) is 3.20. The molecular formula is C10H12F2. The molecule has 66 valence electrons. The standard InChI is InChI=1S/C6H4F2.C4H8/c7-5-3-1-2-4-6(5)8;1-4-2-3-4/h1-4H;4H,2-3H2,1H3. The summed E-state index contributed by atoms with van der Waals surface area (Å²) < 4.78 is 23.9. The summed E-state index contributed by atoms with van der Waals surface area (Å²) in [5, 5.41) is 0. The Morgan fingerprint density at radius 3 is 1.58 bits per heavy atom. The highest BCUT2D eigenvalue weighted by atomic mass is 19.2. The van der Waals surface area contributed by atoms with E-state index in [9.17, 15) is 8.78 Å². The first-order valence-corrected chi connectivity index (χ1v) is 4.10. The van der Waals surface area contributed by atoms with Gasteiger partial charge in [0.05, 0.1) is 0 Å². The van der Waals surface area contributed by atoms with E-state index in [1.165, 1.54) is 25.0 Å². The summed E-state index contributed by atoms with van der Waals surface area (Å²) in [6.45, 7) is 2.28. The molecule has 0 unspecified atom stereocenters. The van der Waals surface area contributed by atoms with Crippen LogP contribution in [-0.2, 0) is 0 Å². The maximum absolute atomic E-state index is 11.9. The number of hydrogen-bond donors (Lipinski definition) is 0. The SMILES string of the molecule is CC1CC1.Fc1ccccc1F. The Morgan fingerprint density at radius 1 is 1.08 bits per heavy atom. The molecule has 0 spiro atoms. The molecule has 0 amide bonds. The highest BCUT2D eigenvalue weighted by Gasteiger charge is 2.12. The van der Waals surface area contributed by atoms with Gasteiger partial charge in [-0.3, -0.25) is 0 Å². The van der Waals surface area contributed by atoms with E-state index in [1.807, 2.05) is 0 Å². The fourth-order valence-electron chi connectivity index (χ4n) is 0.606. The van der Waals surface area contributed by atoms with Gasteiger partial charge < -0.3 is 0 Å². The van der Waals surface area contributed by atoms with Crippen molar-refractivity contribution in [3.63, 3.8) is 0 Å². The fourth-order valence-corrected chi connectivity index (χ4v) is 0.606. The highest BCUT2D eigenvalue weighted by molar-refractivity contribution is 5.05. The van der Waals surface area contributed by atoms with E-state index in [0.717, 1.165) is 18.1 Å². The summed E-state index contributed by atoms with van der Waals surface area (Å²) >= 11 is 0. The average molecular weight is 170 g/mol. The van der Waals surface area contributed by atoms with Crippen molar-refractivity contribution in [2.75, 3.05) is 0 Å². The zero-order valence-electron chi connectivity index (χ0n) is 7.06. The highest BCUT2D eigenvalue weighted by Crippen LogP contribution is 2.26. The third-order valence-electron chi connectivity index (χ3n) is 1.69. The van der Waals surface area contributed by atoms with Crippen molar-refractivity contribution < 1.29 is 8.78 Å². The Labute approximate surface area is 71.2 Å². The van der Waals surface area contributed by atoms with Crippen LogP contribution in [0.2, 0.25) is 0 Å². The molecule has 0 radical (unpaired) electrons. The summed E-state index contributed by atoms with van der Waals surface area (Å²) in [4.78, 5) is 0. The molecule has 1 fully saturated rings. The quantitative estimate of drug-likeness (QED) is 0.560. The van der Waals surface area contributed by atoms with Gasteiger partial charge in [-0.2, -0.15) is 0 Å². The summed E-state index contributed by atoms with van der Waals surface area (Å²) in [5.74, 6) is -0.514. The van der Waals surface area contributed by atoms with Crippen molar-refractivity contribution in [3.05, 3.63) is 35.9 Å². The molecule has 1 aliphatic carbocycles. The van der Waals surface area contributed by atoms with Gasteiger partial charge in [0.2, 0.25) is 0 Å². The van der Waals surface area contributed by atoms with Crippen LogP contribution in [0.15, 0.2) is 24.3 Å². The second kappa shape index (κ2) is 4.19. The minimum absolute atomic E-state index is 0.799. The molecule has 0 aliphatic heterocycles. The van der Waals surface area contributed by atoms with E-state index in [0.29, 0.717) is 0 Å². The van der Waals surface area contributed by atoms with Crippen LogP contribution in [0.25, 0.3) is 0 Å². The molecule has 0 heterocycles. The molecule has 0 bridgehead atoms. The molecule has 0 saturated heterocycles. The maximum Gasteiger partial charge on any atom is 0.158 e. The van der Waals surface area contributed by atoms with E-state index in [4.69, 9.17) is 0 Å². The Hall–Kier alpha value is -0.920. The fraction of sp³-hybridized carbons (Fsp3) is 0.400. The van der Waals surface area contributed by atoms with Crippen LogP contribution in [-0.4, -0.2) is 0 Å². The zero-order valence-corrected chi connectivity index (χ0v) is 7.06. The molecule has 0 nitrogen and oxygen atoms in total. The second-order valence-electron chi connectivity index (χ2n) is 3.10. The van der Waals surface area contributed by atoms with Crippen molar-refractivity contribution >= 4 is 0 Å². The summed E-state index contributed by atoms with van der Waals surface area (Å²) in [6, 6.07) is 5.04. The smallest absolute Gasteiger partial charge is 0.158 e. The molecule has 1 aliphatic rings. The first kappa shape index (κ1) is 9.17. The predicted molar refractivity (Wildman–Crippen MR) is 44.8 cm³/mol. The van der Waals surface area contributed by atoms with Gasteiger partial charge >= 0.3 is 0 Å². The Balaban J connectivity index is 0.000000150. The number of hydrogen-bond acceptors (Lipinski definition) is 0. The van der Waals surface area contributed by atoms with Crippen molar-refractivity contribution in [3.8, 4) is 0 Å². The summed E-state index contributed by atoms with van der Waals surface area (Å²) in [6.07, 6.45) is 2.97. The van der Waals surface area contributed by atoms with E-state index >= 15 is 0 Å². The van der Waals surface area contributed by atoms with E-state index in [2.05, 4.69) is 6.92 Å². The summed E-state index contributed by atoms with van der Waals surface area (Å²) in [5.41, 5.74) is 0. The van der Waals surface area contributed by atoms with Crippen molar-refractivity contribution in [2.45, 2.75) is 19.8 Å².